The number of nitrogens with one attached hydrogen (secondary N) is 1. The zero-order chi connectivity index (χ0) is 12.8. The van der Waals surface area contributed by atoms with Crippen molar-refractivity contribution in [3.8, 4) is 0 Å². The third kappa shape index (κ3) is 6.23. The molecule has 0 saturated carbocycles. The molecule has 1 unspecified atom stereocenters. The predicted octanol–water partition coefficient (Wildman–Crippen LogP) is -0.0210. The van der Waals surface area contributed by atoms with Gasteiger partial charge in [-0.2, -0.15) is 13.2 Å². The molecule has 0 saturated heterocycles. The van der Waals surface area contributed by atoms with Crippen LogP contribution in [0.2, 0.25) is 0 Å². The van der Waals surface area contributed by atoms with Crippen molar-refractivity contribution in [1.29, 1.82) is 0 Å². The largest absolute Gasteiger partial charge is 0.467 e. The molecule has 0 aromatic heterocycles. The highest BCUT2D eigenvalue weighted by Crippen LogP contribution is 2.20. The summed E-state index contributed by atoms with van der Waals surface area (Å²) in [6.07, 6.45) is -6.51. The van der Waals surface area contributed by atoms with Gasteiger partial charge in [-0.1, -0.05) is 0 Å². The van der Waals surface area contributed by atoms with Crippen molar-refractivity contribution < 1.29 is 32.6 Å². The molecule has 0 aliphatic heterocycles. The number of halogens is 3. The first-order valence-electron chi connectivity index (χ1n) is 4.35. The van der Waals surface area contributed by atoms with E-state index in [1.807, 2.05) is 5.32 Å². The lowest BCUT2D eigenvalue weighted by atomic mass is 10.2. The van der Waals surface area contributed by atoms with Crippen LogP contribution < -0.4 is 5.32 Å². The van der Waals surface area contributed by atoms with E-state index in [9.17, 15) is 22.8 Å². The van der Waals surface area contributed by atoms with Crippen LogP contribution in [-0.4, -0.2) is 42.9 Å². The van der Waals surface area contributed by atoms with Gasteiger partial charge in [0.05, 0.1) is 20.1 Å². The van der Waals surface area contributed by atoms with E-state index in [1.165, 1.54) is 0 Å². The van der Waals surface area contributed by atoms with Crippen LogP contribution in [0.1, 0.15) is 12.8 Å². The second-order valence-electron chi connectivity index (χ2n) is 2.94. The van der Waals surface area contributed by atoms with E-state index < -0.39 is 43.5 Å². The average Bonchev–Trinajstić information content (AvgIpc) is 2.21. The van der Waals surface area contributed by atoms with Gasteiger partial charge >= 0.3 is 12.1 Å². The zero-order valence-electron chi connectivity index (χ0n) is 8.50. The lowest BCUT2D eigenvalue weighted by Gasteiger charge is -2.14. The highest BCUT2D eigenvalue weighted by molar-refractivity contribution is 5.84. The lowest BCUT2D eigenvalue weighted by Crippen LogP contribution is -2.44. The summed E-state index contributed by atoms with van der Waals surface area (Å²) < 4.78 is 39.4. The Morgan fingerprint density at radius 3 is 2.38 bits per heavy atom. The predicted molar refractivity (Wildman–Crippen MR) is 46.3 cm³/mol. The Kier molecular flexibility index (Phi) is 5.79. The number of aliphatic hydroxyl groups excluding tert-OH is 1. The maximum atomic E-state index is 11.7. The highest BCUT2D eigenvalue weighted by Gasteiger charge is 2.29. The van der Waals surface area contributed by atoms with E-state index in [0.29, 0.717) is 0 Å². The van der Waals surface area contributed by atoms with Gasteiger partial charge in [0.1, 0.15) is 0 Å². The molecule has 0 spiro atoms. The molecule has 0 radical (unpaired) electrons. The molecule has 94 valence electrons. The number of hydrogen-bond acceptors (Lipinski definition) is 4. The van der Waals surface area contributed by atoms with Gasteiger partial charge in [0.2, 0.25) is 5.91 Å². The minimum absolute atomic E-state index is 0.732. The molecule has 0 aliphatic rings. The van der Waals surface area contributed by atoms with Crippen LogP contribution in [0.4, 0.5) is 13.2 Å². The number of rotatable bonds is 5. The quantitative estimate of drug-likeness (QED) is 0.665. The van der Waals surface area contributed by atoms with Crippen LogP contribution in [0, 0.1) is 0 Å². The second-order valence-corrected chi connectivity index (χ2v) is 2.94. The van der Waals surface area contributed by atoms with Crippen molar-refractivity contribution in [2.75, 3.05) is 13.7 Å². The monoisotopic (exact) mass is 243 g/mol. The summed E-state index contributed by atoms with van der Waals surface area (Å²) in [6, 6.07) is -1.33. The van der Waals surface area contributed by atoms with Crippen molar-refractivity contribution in [3.05, 3.63) is 0 Å². The second kappa shape index (κ2) is 6.31. The molecule has 0 heterocycles. The van der Waals surface area contributed by atoms with Crippen LogP contribution >= 0.6 is 0 Å². The van der Waals surface area contributed by atoms with Gasteiger partial charge in [0, 0.05) is 6.42 Å². The smallest absolute Gasteiger partial charge is 0.389 e. The van der Waals surface area contributed by atoms with Crippen molar-refractivity contribution in [3.63, 3.8) is 0 Å². The first-order chi connectivity index (χ1) is 7.30. The lowest BCUT2D eigenvalue weighted by molar-refractivity contribution is -0.149. The van der Waals surface area contributed by atoms with Crippen LogP contribution in [-0.2, 0) is 14.3 Å². The number of carbonyl (C=O) groups is 2. The summed E-state index contributed by atoms with van der Waals surface area (Å²) in [5.74, 6) is -1.88. The standard InChI is InChI=1S/C8H12F3NO4/c1-16-7(15)5(4-13)12-6(14)2-3-8(9,10)11/h5,13H,2-4H2,1H3,(H,12,14). The van der Waals surface area contributed by atoms with Crippen molar-refractivity contribution in [1.82, 2.24) is 5.32 Å². The van der Waals surface area contributed by atoms with E-state index in [0.717, 1.165) is 7.11 Å². The fraction of sp³-hybridized carbons (Fsp3) is 0.750. The molecule has 1 atom stereocenters. The molecule has 0 aliphatic carbocycles. The summed E-state index contributed by atoms with van der Waals surface area (Å²) in [4.78, 5) is 21.8. The van der Waals surface area contributed by atoms with Gasteiger partial charge in [-0.3, -0.25) is 4.79 Å². The molecular formula is C8H12F3NO4. The molecule has 2 N–H and O–H groups in total. The van der Waals surface area contributed by atoms with Crippen LogP contribution in [0.3, 0.4) is 0 Å². The van der Waals surface area contributed by atoms with E-state index >= 15 is 0 Å². The summed E-state index contributed by atoms with van der Waals surface area (Å²) in [5.41, 5.74) is 0. The van der Waals surface area contributed by atoms with Gasteiger partial charge in [0.15, 0.2) is 6.04 Å². The van der Waals surface area contributed by atoms with Crippen molar-refractivity contribution >= 4 is 11.9 Å². The van der Waals surface area contributed by atoms with Gasteiger partial charge in [-0.25, -0.2) is 4.79 Å². The van der Waals surface area contributed by atoms with Crippen LogP contribution in [0.5, 0.6) is 0 Å². The zero-order valence-corrected chi connectivity index (χ0v) is 8.50. The number of methoxy groups -OCH3 is 1. The number of alkyl halides is 3. The highest BCUT2D eigenvalue weighted by atomic mass is 19.4. The van der Waals surface area contributed by atoms with E-state index in [-0.39, 0.29) is 0 Å². The molecule has 1 amide bonds. The Balaban J connectivity index is 4.07. The maximum absolute atomic E-state index is 11.7. The Morgan fingerprint density at radius 1 is 1.44 bits per heavy atom. The number of aliphatic hydroxyl groups is 1. The Morgan fingerprint density at radius 2 is 2.00 bits per heavy atom. The summed E-state index contributed by atoms with van der Waals surface area (Å²) >= 11 is 0. The van der Waals surface area contributed by atoms with E-state index in [2.05, 4.69) is 4.74 Å². The molecule has 0 bridgehead atoms. The van der Waals surface area contributed by atoms with Gasteiger partial charge in [-0.05, 0) is 0 Å². The Bertz CT molecular complexity index is 254. The first kappa shape index (κ1) is 14.7. The Labute approximate surface area is 89.6 Å². The average molecular weight is 243 g/mol. The topological polar surface area (TPSA) is 75.6 Å². The first-order valence-corrected chi connectivity index (χ1v) is 4.35. The molecule has 0 aromatic carbocycles. The van der Waals surface area contributed by atoms with Gasteiger partial charge in [0.25, 0.3) is 0 Å². The maximum Gasteiger partial charge on any atom is 0.389 e. The SMILES string of the molecule is COC(=O)C(CO)NC(=O)CCC(F)(F)F. The van der Waals surface area contributed by atoms with Crippen LogP contribution in [0.15, 0.2) is 0 Å². The van der Waals surface area contributed by atoms with Gasteiger partial charge < -0.3 is 15.2 Å². The fourth-order valence-corrected chi connectivity index (χ4v) is 0.843. The Hall–Kier alpha value is -1.31. The van der Waals surface area contributed by atoms with Gasteiger partial charge in [-0.15, -0.1) is 0 Å². The minimum atomic E-state index is -4.43. The number of esters is 1. The molecule has 0 fully saturated rings. The molecule has 5 nitrogen and oxygen atoms in total. The minimum Gasteiger partial charge on any atom is -0.467 e. The number of amides is 1. The number of hydrogen-bond donors (Lipinski definition) is 2. The van der Waals surface area contributed by atoms with Crippen molar-refractivity contribution in [2.45, 2.75) is 25.1 Å². The molecule has 16 heavy (non-hydrogen) atoms. The third-order valence-corrected chi connectivity index (χ3v) is 1.64. The van der Waals surface area contributed by atoms with E-state index in [1.54, 1.807) is 0 Å². The molecular weight excluding hydrogens is 231 g/mol. The number of carbonyl (C=O) groups excluding carboxylic acids is 2. The summed E-state index contributed by atoms with van der Waals surface area (Å²) in [6.45, 7) is -0.732. The third-order valence-electron chi connectivity index (χ3n) is 1.64. The molecule has 0 rings (SSSR count). The molecule has 8 heteroatoms. The summed E-state index contributed by atoms with van der Waals surface area (Å²) in [7, 11) is 1.03. The fourth-order valence-electron chi connectivity index (χ4n) is 0.843. The van der Waals surface area contributed by atoms with Crippen LogP contribution in [0.25, 0.3) is 0 Å². The number of ether oxygens (including phenoxy) is 1. The molecule has 0 aromatic rings. The van der Waals surface area contributed by atoms with E-state index in [4.69, 9.17) is 5.11 Å². The normalized spacial score (nSPS) is 13.1. The summed E-state index contributed by atoms with van der Waals surface area (Å²) in [5, 5.41) is 10.6. The van der Waals surface area contributed by atoms with Crippen molar-refractivity contribution in [2.24, 2.45) is 0 Å².